The second-order valence-corrected chi connectivity index (χ2v) is 6.17. The van der Waals surface area contributed by atoms with E-state index in [1.54, 1.807) is 0 Å². The summed E-state index contributed by atoms with van der Waals surface area (Å²) < 4.78 is 7.90. The van der Waals surface area contributed by atoms with Gasteiger partial charge in [-0.1, -0.05) is 0 Å². The van der Waals surface area contributed by atoms with Crippen LogP contribution in [0.4, 0.5) is 0 Å². The number of rotatable bonds is 1. The summed E-state index contributed by atoms with van der Waals surface area (Å²) in [6.07, 6.45) is 0. The SMILES string of the molecule is Cc1ccc(-c2nc3cc(C#N)ccc3n2C(C)(C)C)o1. The lowest BCUT2D eigenvalue weighted by molar-refractivity contribution is 0.407. The first-order valence-corrected chi connectivity index (χ1v) is 6.90. The van der Waals surface area contributed by atoms with Gasteiger partial charge in [0.25, 0.3) is 0 Å². The second-order valence-electron chi connectivity index (χ2n) is 6.17. The van der Waals surface area contributed by atoms with Gasteiger partial charge in [0.05, 0.1) is 22.7 Å². The van der Waals surface area contributed by atoms with E-state index >= 15 is 0 Å². The van der Waals surface area contributed by atoms with Crippen LogP contribution in [-0.2, 0) is 5.54 Å². The fourth-order valence-electron chi connectivity index (χ4n) is 2.55. The van der Waals surface area contributed by atoms with Crippen molar-refractivity contribution in [3.63, 3.8) is 0 Å². The fourth-order valence-corrected chi connectivity index (χ4v) is 2.55. The van der Waals surface area contributed by atoms with Crippen molar-refractivity contribution in [2.24, 2.45) is 0 Å². The van der Waals surface area contributed by atoms with E-state index in [1.807, 2.05) is 37.3 Å². The summed E-state index contributed by atoms with van der Waals surface area (Å²) in [4.78, 5) is 4.69. The Morgan fingerprint density at radius 3 is 2.52 bits per heavy atom. The lowest BCUT2D eigenvalue weighted by Crippen LogP contribution is -2.22. The maximum atomic E-state index is 9.05. The number of aromatic nitrogens is 2. The van der Waals surface area contributed by atoms with E-state index in [-0.39, 0.29) is 5.54 Å². The third kappa shape index (κ3) is 2.21. The van der Waals surface area contributed by atoms with Crippen LogP contribution in [0, 0.1) is 18.3 Å². The molecule has 4 nitrogen and oxygen atoms in total. The van der Waals surface area contributed by atoms with Gasteiger partial charge in [0.15, 0.2) is 11.6 Å². The van der Waals surface area contributed by atoms with Crippen molar-refractivity contribution in [2.75, 3.05) is 0 Å². The molecular weight excluding hydrogens is 262 g/mol. The van der Waals surface area contributed by atoms with E-state index in [0.29, 0.717) is 5.56 Å². The largest absolute Gasteiger partial charge is 0.458 e. The van der Waals surface area contributed by atoms with E-state index in [2.05, 4.69) is 36.4 Å². The molecule has 0 N–H and O–H groups in total. The van der Waals surface area contributed by atoms with Crippen molar-refractivity contribution in [1.29, 1.82) is 5.26 Å². The number of benzene rings is 1. The van der Waals surface area contributed by atoms with Crippen molar-refractivity contribution in [2.45, 2.75) is 33.2 Å². The summed E-state index contributed by atoms with van der Waals surface area (Å²) in [6.45, 7) is 8.31. The Labute approximate surface area is 123 Å². The predicted molar refractivity (Wildman–Crippen MR) is 81.9 cm³/mol. The van der Waals surface area contributed by atoms with Crippen LogP contribution in [0.3, 0.4) is 0 Å². The zero-order chi connectivity index (χ0) is 15.2. The van der Waals surface area contributed by atoms with Gasteiger partial charge in [-0.2, -0.15) is 5.26 Å². The number of nitriles is 1. The molecule has 0 atom stereocenters. The van der Waals surface area contributed by atoms with Gasteiger partial charge in [0.2, 0.25) is 0 Å². The molecule has 3 aromatic rings. The molecule has 0 aliphatic carbocycles. The highest BCUT2D eigenvalue weighted by atomic mass is 16.3. The summed E-state index contributed by atoms with van der Waals surface area (Å²) in [5.41, 5.74) is 2.29. The minimum absolute atomic E-state index is 0.140. The third-order valence-corrected chi connectivity index (χ3v) is 3.42. The molecule has 0 fully saturated rings. The molecule has 3 rings (SSSR count). The molecule has 0 saturated carbocycles. The van der Waals surface area contributed by atoms with Gasteiger partial charge in [-0.05, 0) is 58.0 Å². The first kappa shape index (κ1) is 13.4. The van der Waals surface area contributed by atoms with Crippen LogP contribution >= 0.6 is 0 Å². The Balaban J connectivity index is 2.35. The quantitative estimate of drug-likeness (QED) is 0.669. The van der Waals surface area contributed by atoms with E-state index in [0.717, 1.165) is 28.4 Å². The van der Waals surface area contributed by atoms with Crippen molar-refractivity contribution in [3.8, 4) is 17.7 Å². The van der Waals surface area contributed by atoms with Gasteiger partial charge in [-0.25, -0.2) is 4.98 Å². The van der Waals surface area contributed by atoms with Crippen LogP contribution in [-0.4, -0.2) is 9.55 Å². The van der Waals surface area contributed by atoms with Crippen LogP contribution in [0.25, 0.3) is 22.6 Å². The Morgan fingerprint density at radius 1 is 1.19 bits per heavy atom. The van der Waals surface area contributed by atoms with Crippen molar-refractivity contribution in [1.82, 2.24) is 9.55 Å². The molecule has 0 aliphatic heterocycles. The van der Waals surface area contributed by atoms with Crippen LogP contribution in [0.1, 0.15) is 32.1 Å². The molecule has 21 heavy (non-hydrogen) atoms. The smallest absolute Gasteiger partial charge is 0.177 e. The molecule has 0 aliphatic rings. The number of fused-ring (bicyclic) bond motifs is 1. The molecule has 0 bridgehead atoms. The first-order chi connectivity index (χ1) is 9.90. The van der Waals surface area contributed by atoms with E-state index in [1.165, 1.54) is 0 Å². The summed E-state index contributed by atoms with van der Waals surface area (Å²) in [5, 5.41) is 9.05. The van der Waals surface area contributed by atoms with Gasteiger partial charge in [0, 0.05) is 5.54 Å². The minimum Gasteiger partial charge on any atom is -0.458 e. The van der Waals surface area contributed by atoms with Gasteiger partial charge in [-0.15, -0.1) is 0 Å². The zero-order valence-corrected chi connectivity index (χ0v) is 12.6. The molecule has 1 aromatic carbocycles. The average molecular weight is 279 g/mol. The normalized spacial score (nSPS) is 11.8. The maximum absolute atomic E-state index is 9.05. The second kappa shape index (κ2) is 4.49. The summed E-state index contributed by atoms with van der Waals surface area (Å²) in [6, 6.07) is 11.6. The van der Waals surface area contributed by atoms with Crippen molar-refractivity contribution < 1.29 is 4.42 Å². The van der Waals surface area contributed by atoms with Gasteiger partial charge < -0.3 is 8.98 Å². The highest BCUT2D eigenvalue weighted by Crippen LogP contribution is 2.32. The average Bonchev–Trinajstić information content (AvgIpc) is 3.00. The molecule has 0 radical (unpaired) electrons. The standard InChI is InChI=1S/C17H17N3O/c1-11-5-8-15(21-11)16-19-13-9-12(10-18)6-7-14(13)20(16)17(2,3)4/h5-9H,1-4H3. The summed E-state index contributed by atoms with van der Waals surface area (Å²) in [5.74, 6) is 2.40. The summed E-state index contributed by atoms with van der Waals surface area (Å²) >= 11 is 0. The van der Waals surface area contributed by atoms with Crippen LogP contribution in [0.15, 0.2) is 34.7 Å². The number of hydrogen-bond acceptors (Lipinski definition) is 3. The van der Waals surface area contributed by atoms with Gasteiger partial charge in [0.1, 0.15) is 5.76 Å². The molecule has 2 heterocycles. The zero-order valence-electron chi connectivity index (χ0n) is 12.6. The highest BCUT2D eigenvalue weighted by Gasteiger charge is 2.24. The third-order valence-electron chi connectivity index (χ3n) is 3.42. The van der Waals surface area contributed by atoms with Crippen molar-refractivity contribution >= 4 is 11.0 Å². The number of aryl methyl sites for hydroxylation is 1. The number of imidazole rings is 1. The van der Waals surface area contributed by atoms with Gasteiger partial charge in [-0.3, -0.25) is 0 Å². The Morgan fingerprint density at radius 2 is 1.95 bits per heavy atom. The maximum Gasteiger partial charge on any atom is 0.177 e. The van der Waals surface area contributed by atoms with Crippen LogP contribution in [0.5, 0.6) is 0 Å². The number of hydrogen-bond donors (Lipinski definition) is 0. The van der Waals surface area contributed by atoms with E-state index in [9.17, 15) is 0 Å². The van der Waals surface area contributed by atoms with Crippen LogP contribution < -0.4 is 0 Å². The number of furan rings is 1. The molecule has 106 valence electrons. The number of nitrogens with zero attached hydrogens (tertiary/aromatic N) is 3. The summed E-state index contributed by atoms with van der Waals surface area (Å²) in [7, 11) is 0. The molecule has 0 spiro atoms. The molecule has 4 heteroatoms. The van der Waals surface area contributed by atoms with E-state index in [4.69, 9.17) is 9.68 Å². The molecule has 0 unspecified atom stereocenters. The minimum atomic E-state index is -0.140. The lowest BCUT2D eigenvalue weighted by atomic mass is 10.1. The van der Waals surface area contributed by atoms with Crippen LogP contribution in [0.2, 0.25) is 0 Å². The van der Waals surface area contributed by atoms with Gasteiger partial charge >= 0.3 is 0 Å². The van der Waals surface area contributed by atoms with Crippen molar-refractivity contribution in [3.05, 3.63) is 41.7 Å². The topological polar surface area (TPSA) is 54.8 Å². The monoisotopic (exact) mass is 279 g/mol. The Hall–Kier alpha value is -2.54. The molecular formula is C17H17N3O. The molecule has 0 saturated heterocycles. The Bertz CT molecular complexity index is 856. The fraction of sp³-hybridized carbons (Fsp3) is 0.294. The molecule has 2 aromatic heterocycles. The first-order valence-electron chi connectivity index (χ1n) is 6.90. The molecule has 0 amide bonds. The van der Waals surface area contributed by atoms with E-state index < -0.39 is 0 Å². The predicted octanol–water partition coefficient (Wildman–Crippen LogP) is 4.23. The lowest BCUT2D eigenvalue weighted by Gasteiger charge is -2.24. The highest BCUT2D eigenvalue weighted by molar-refractivity contribution is 5.81. The Kier molecular flexibility index (Phi) is 2.87.